The summed E-state index contributed by atoms with van der Waals surface area (Å²) < 4.78 is 16.6. The summed E-state index contributed by atoms with van der Waals surface area (Å²) in [5.74, 6) is 2.82. The van der Waals surface area contributed by atoms with Gasteiger partial charge in [0.15, 0.2) is 11.5 Å². The quantitative estimate of drug-likeness (QED) is 0.922. The fourth-order valence-electron chi connectivity index (χ4n) is 2.18. The van der Waals surface area contributed by atoms with Crippen molar-refractivity contribution in [1.29, 1.82) is 0 Å². The minimum atomic E-state index is 0.474. The Morgan fingerprint density at radius 1 is 1.10 bits per heavy atom. The Morgan fingerprint density at radius 3 is 2.80 bits per heavy atom. The van der Waals surface area contributed by atoms with Crippen molar-refractivity contribution in [2.75, 3.05) is 18.5 Å². The molecule has 20 heavy (non-hydrogen) atoms. The number of hydrogen-bond donors (Lipinski definition) is 1. The fourth-order valence-corrected chi connectivity index (χ4v) is 2.18. The van der Waals surface area contributed by atoms with Crippen molar-refractivity contribution < 1.29 is 13.9 Å². The molecule has 0 saturated heterocycles. The van der Waals surface area contributed by atoms with Gasteiger partial charge in [0.2, 0.25) is 5.89 Å². The van der Waals surface area contributed by atoms with Gasteiger partial charge in [0, 0.05) is 12.5 Å². The van der Waals surface area contributed by atoms with Crippen LogP contribution in [0.25, 0.3) is 0 Å². The Bertz CT molecular complexity index is 622. The summed E-state index contributed by atoms with van der Waals surface area (Å²) in [6.07, 6.45) is 2.31. The number of anilines is 1. The Labute approximate surface area is 116 Å². The molecule has 0 amide bonds. The average Bonchev–Trinajstić information content (AvgIpc) is 3.24. The lowest BCUT2D eigenvalue weighted by Crippen LogP contribution is -2.15. The molecule has 1 aromatic heterocycles. The van der Waals surface area contributed by atoms with Gasteiger partial charge in [0.05, 0.1) is 0 Å². The van der Waals surface area contributed by atoms with E-state index >= 15 is 0 Å². The van der Waals surface area contributed by atoms with Crippen molar-refractivity contribution in [2.24, 2.45) is 0 Å². The molecule has 2 aliphatic rings. The summed E-state index contributed by atoms with van der Waals surface area (Å²) in [7, 11) is 0. The standard InChI is InChI=1S/C14H15N3O3/c1-4-11-12(19-6-5-18-11)7-9(1)8-15-14-17-16-13(20-14)10-2-3-10/h1,4,7,10H,2-3,5-6,8H2,(H,15,17). The number of benzene rings is 1. The van der Waals surface area contributed by atoms with E-state index in [4.69, 9.17) is 13.9 Å². The van der Waals surface area contributed by atoms with E-state index in [2.05, 4.69) is 15.5 Å². The number of fused-ring (bicyclic) bond motifs is 1. The minimum Gasteiger partial charge on any atom is -0.486 e. The molecule has 0 radical (unpaired) electrons. The number of aromatic nitrogens is 2. The molecule has 0 bridgehead atoms. The summed E-state index contributed by atoms with van der Waals surface area (Å²) in [6.45, 7) is 1.82. The maximum absolute atomic E-state index is 5.56. The van der Waals surface area contributed by atoms with Gasteiger partial charge in [-0.05, 0) is 30.5 Å². The summed E-state index contributed by atoms with van der Waals surface area (Å²) >= 11 is 0. The van der Waals surface area contributed by atoms with E-state index in [-0.39, 0.29) is 0 Å². The van der Waals surface area contributed by atoms with Crippen LogP contribution in [0.5, 0.6) is 11.5 Å². The monoisotopic (exact) mass is 273 g/mol. The van der Waals surface area contributed by atoms with E-state index in [1.54, 1.807) is 0 Å². The minimum absolute atomic E-state index is 0.474. The smallest absolute Gasteiger partial charge is 0.315 e. The predicted molar refractivity (Wildman–Crippen MR) is 71.0 cm³/mol. The first-order chi connectivity index (χ1) is 9.88. The van der Waals surface area contributed by atoms with Crippen LogP contribution < -0.4 is 14.8 Å². The van der Waals surface area contributed by atoms with E-state index in [9.17, 15) is 0 Å². The predicted octanol–water partition coefficient (Wildman–Crippen LogP) is 2.33. The van der Waals surface area contributed by atoms with Crippen LogP contribution in [0.3, 0.4) is 0 Å². The van der Waals surface area contributed by atoms with Crippen molar-refractivity contribution in [1.82, 2.24) is 10.2 Å². The molecular weight excluding hydrogens is 258 g/mol. The summed E-state index contributed by atoms with van der Waals surface area (Å²) in [5.41, 5.74) is 1.08. The van der Waals surface area contributed by atoms with Crippen LogP contribution in [0.1, 0.15) is 30.2 Å². The normalized spacial score (nSPS) is 17.0. The third-order valence-electron chi connectivity index (χ3n) is 3.42. The topological polar surface area (TPSA) is 69.4 Å². The second kappa shape index (κ2) is 4.70. The molecule has 4 rings (SSSR count). The van der Waals surface area contributed by atoms with Gasteiger partial charge in [-0.3, -0.25) is 0 Å². The van der Waals surface area contributed by atoms with Gasteiger partial charge >= 0.3 is 6.01 Å². The maximum Gasteiger partial charge on any atom is 0.315 e. The van der Waals surface area contributed by atoms with E-state index in [1.807, 2.05) is 18.2 Å². The second-order valence-corrected chi connectivity index (χ2v) is 5.05. The zero-order valence-electron chi connectivity index (χ0n) is 11.0. The number of rotatable bonds is 4. The molecule has 2 aromatic rings. The lowest BCUT2D eigenvalue weighted by Gasteiger charge is -2.18. The van der Waals surface area contributed by atoms with Gasteiger partial charge < -0.3 is 19.2 Å². The summed E-state index contributed by atoms with van der Waals surface area (Å²) in [4.78, 5) is 0. The number of nitrogens with one attached hydrogen (secondary N) is 1. The molecule has 1 aromatic carbocycles. The molecular formula is C14H15N3O3. The van der Waals surface area contributed by atoms with Gasteiger partial charge in [-0.2, -0.15) is 0 Å². The highest BCUT2D eigenvalue weighted by atomic mass is 16.6. The molecule has 0 atom stereocenters. The van der Waals surface area contributed by atoms with Gasteiger partial charge in [0.1, 0.15) is 13.2 Å². The van der Waals surface area contributed by atoms with Crippen molar-refractivity contribution in [3.8, 4) is 11.5 Å². The van der Waals surface area contributed by atoms with E-state index in [0.29, 0.717) is 31.7 Å². The molecule has 2 heterocycles. The molecule has 104 valence electrons. The Hall–Kier alpha value is -2.24. The van der Waals surface area contributed by atoms with E-state index in [0.717, 1.165) is 35.8 Å². The molecule has 6 heteroatoms. The third-order valence-corrected chi connectivity index (χ3v) is 3.42. The lowest BCUT2D eigenvalue weighted by atomic mass is 10.2. The number of ether oxygens (including phenoxy) is 2. The molecule has 6 nitrogen and oxygen atoms in total. The van der Waals surface area contributed by atoms with Gasteiger partial charge in [0.25, 0.3) is 0 Å². The van der Waals surface area contributed by atoms with Crippen LogP contribution in [0.15, 0.2) is 22.6 Å². The van der Waals surface area contributed by atoms with E-state index in [1.165, 1.54) is 0 Å². The number of nitrogens with zero attached hydrogens (tertiary/aromatic N) is 2. The largest absolute Gasteiger partial charge is 0.486 e. The molecule has 1 saturated carbocycles. The molecule has 1 fully saturated rings. The first-order valence-electron chi connectivity index (χ1n) is 6.84. The van der Waals surface area contributed by atoms with Gasteiger partial charge in [-0.15, -0.1) is 5.10 Å². The summed E-state index contributed by atoms with van der Waals surface area (Å²) in [6, 6.07) is 6.37. The number of hydrogen-bond acceptors (Lipinski definition) is 6. The van der Waals surface area contributed by atoms with Crippen molar-refractivity contribution in [3.63, 3.8) is 0 Å². The van der Waals surface area contributed by atoms with Crippen molar-refractivity contribution in [2.45, 2.75) is 25.3 Å². The van der Waals surface area contributed by atoms with E-state index < -0.39 is 0 Å². The maximum atomic E-state index is 5.56. The molecule has 1 aliphatic heterocycles. The Balaban J connectivity index is 1.43. The van der Waals surface area contributed by atoms with Gasteiger partial charge in [-0.25, -0.2) is 0 Å². The Kier molecular flexibility index (Phi) is 2.72. The Morgan fingerprint density at radius 2 is 1.95 bits per heavy atom. The van der Waals surface area contributed by atoms with Gasteiger partial charge in [-0.1, -0.05) is 11.2 Å². The van der Waals surface area contributed by atoms with Crippen molar-refractivity contribution >= 4 is 6.01 Å². The molecule has 0 spiro atoms. The summed E-state index contributed by atoms with van der Waals surface area (Å²) in [5, 5.41) is 11.2. The highest BCUT2D eigenvalue weighted by Crippen LogP contribution is 2.39. The SMILES string of the molecule is c1cc2c(cc1CNc1nnc(C3CC3)o1)OCCO2. The molecule has 1 N–H and O–H groups in total. The average molecular weight is 273 g/mol. The second-order valence-electron chi connectivity index (χ2n) is 5.05. The van der Waals surface area contributed by atoms with Crippen LogP contribution in [0, 0.1) is 0 Å². The van der Waals surface area contributed by atoms with Crippen LogP contribution in [-0.4, -0.2) is 23.4 Å². The third kappa shape index (κ3) is 2.29. The van der Waals surface area contributed by atoms with Crippen LogP contribution in [0.2, 0.25) is 0 Å². The van der Waals surface area contributed by atoms with Crippen molar-refractivity contribution in [3.05, 3.63) is 29.7 Å². The highest BCUT2D eigenvalue weighted by molar-refractivity contribution is 5.44. The lowest BCUT2D eigenvalue weighted by molar-refractivity contribution is 0.171. The van der Waals surface area contributed by atoms with Crippen LogP contribution in [-0.2, 0) is 6.54 Å². The first kappa shape index (κ1) is 11.6. The molecule has 0 unspecified atom stereocenters. The zero-order valence-corrected chi connectivity index (χ0v) is 11.0. The van der Waals surface area contributed by atoms with Crippen LogP contribution >= 0.6 is 0 Å². The highest BCUT2D eigenvalue weighted by Gasteiger charge is 2.29. The first-order valence-corrected chi connectivity index (χ1v) is 6.84. The van der Waals surface area contributed by atoms with Crippen LogP contribution in [0.4, 0.5) is 6.01 Å². The molecule has 1 aliphatic carbocycles. The fraction of sp³-hybridized carbons (Fsp3) is 0.429. The zero-order chi connectivity index (χ0) is 13.4.